The maximum Gasteiger partial charge on any atom is 0.248 e. The molecule has 3 N–H and O–H groups in total. The van der Waals surface area contributed by atoms with Crippen LogP contribution in [0.4, 0.5) is 17.1 Å². The molecule has 34 heavy (non-hydrogen) atoms. The molecule has 184 valence electrons. The topological polar surface area (TPSA) is 97.7 Å². The number of carbonyl (C=O) groups is 1. The number of nitrogens with one attached hydrogen (secondary N) is 1. The van der Waals surface area contributed by atoms with E-state index in [4.69, 9.17) is 9.47 Å². The summed E-state index contributed by atoms with van der Waals surface area (Å²) in [7, 11) is 1.49. The second kappa shape index (κ2) is 11.4. The first kappa shape index (κ1) is 24.1. The number of anilines is 3. The fraction of sp³-hybridized carbons (Fsp3) is 0.480. The van der Waals surface area contributed by atoms with E-state index in [0.717, 1.165) is 57.5 Å². The van der Waals surface area contributed by atoms with Gasteiger partial charge in [-0.3, -0.25) is 15.2 Å². The van der Waals surface area contributed by atoms with E-state index in [2.05, 4.69) is 22.3 Å². The number of carbonyl (C=O) groups excluding carboxylic acids is 1. The maximum atomic E-state index is 12.6. The highest BCUT2D eigenvalue weighted by Gasteiger charge is 2.25. The van der Waals surface area contributed by atoms with E-state index < -0.39 is 0 Å². The first-order valence-electron chi connectivity index (χ1n) is 11.9. The first-order valence-corrected chi connectivity index (χ1v) is 11.9. The van der Waals surface area contributed by atoms with Crippen LogP contribution in [0.3, 0.4) is 0 Å². The van der Waals surface area contributed by atoms with Gasteiger partial charge in [0.1, 0.15) is 18.0 Å². The van der Waals surface area contributed by atoms with Gasteiger partial charge in [0, 0.05) is 49.7 Å². The molecule has 0 spiro atoms. The van der Waals surface area contributed by atoms with Crippen LogP contribution < -0.4 is 20.2 Å². The van der Waals surface area contributed by atoms with Gasteiger partial charge in [-0.05, 0) is 49.9 Å². The molecule has 0 radical (unpaired) electrons. The predicted molar refractivity (Wildman–Crippen MR) is 130 cm³/mol. The largest absolute Gasteiger partial charge is 0.494 e. The van der Waals surface area contributed by atoms with Gasteiger partial charge in [-0.25, -0.2) is 0 Å². The van der Waals surface area contributed by atoms with Crippen molar-refractivity contribution >= 4 is 23.0 Å². The monoisotopic (exact) mass is 470 g/mol. The number of hydrogen-bond donors (Lipinski definition) is 3. The Morgan fingerprint density at radius 1 is 1.03 bits per heavy atom. The summed E-state index contributed by atoms with van der Waals surface area (Å²) in [5.41, 5.74) is 2.24. The Morgan fingerprint density at radius 2 is 1.74 bits per heavy atom. The fourth-order valence-electron chi connectivity index (χ4n) is 4.68. The van der Waals surface area contributed by atoms with Crippen molar-refractivity contribution in [3.8, 4) is 5.75 Å². The third-order valence-electron chi connectivity index (χ3n) is 6.64. The van der Waals surface area contributed by atoms with Gasteiger partial charge in [0.25, 0.3) is 0 Å². The molecular formula is C25H34N4O5. The van der Waals surface area contributed by atoms with E-state index in [-0.39, 0.29) is 35.6 Å². The van der Waals surface area contributed by atoms with Crippen LogP contribution in [0.15, 0.2) is 48.5 Å². The average Bonchev–Trinajstić information content (AvgIpc) is 2.88. The van der Waals surface area contributed by atoms with E-state index in [1.165, 1.54) is 12.8 Å². The van der Waals surface area contributed by atoms with Gasteiger partial charge < -0.3 is 24.6 Å². The van der Waals surface area contributed by atoms with Crippen molar-refractivity contribution in [1.82, 2.24) is 4.90 Å². The highest BCUT2D eigenvalue weighted by molar-refractivity contribution is 5.77. The third-order valence-corrected chi connectivity index (χ3v) is 6.64. The SMILES string of the molecule is COc1cc(NC2CCC(OCC(=O)N3CCN(c4ccccc4)CC3)CC2)ccc1N(O)O. The molecule has 1 heterocycles. The number of benzene rings is 2. The smallest absolute Gasteiger partial charge is 0.248 e. The van der Waals surface area contributed by atoms with Gasteiger partial charge in [-0.2, -0.15) is 0 Å². The quantitative estimate of drug-likeness (QED) is 0.506. The van der Waals surface area contributed by atoms with E-state index in [0.29, 0.717) is 5.75 Å². The lowest BCUT2D eigenvalue weighted by Crippen LogP contribution is -2.50. The molecule has 0 bridgehead atoms. The summed E-state index contributed by atoms with van der Waals surface area (Å²) in [6, 6.07) is 15.7. The number of para-hydroxylation sites is 1. The Kier molecular flexibility index (Phi) is 8.10. The first-order chi connectivity index (χ1) is 16.5. The van der Waals surface area contributed by atoms with Gasteiger partial charge in [-0.1, -0.05) is 18.2 Å². The third kappa shape index (κ3) is 6.11. The molecular weight excluding hydrogens is 436 g/mol. The van der Waals surface area contributed by atoms with Gasteiger partial charge in [-0.15, -0.1) is 5.23 Å². The lowest BCUT2D eigenvalue weighted by molar-refractivity contribution is -0.139. The lowest BCUT2D eigenvalue weighted by atomic mass is 9.92. The summed E-state index contributed by atoms with van der Waals surface area (Å²) in [5.74, 6) is 0.442. The number of nitrogens with zero attached hydrogens (tertiary/aromatic N) is 3. The Morgan fingerprint density at radius 3 is 2.38 bits per heavy atom. The number of hydrogen-bond acceptors (Lipinski definition) is 8. The fourth-order valence-corrected chi connectivity index (χ4v) is 4.68. The van der Waals surface area contributed by atoms with Crippen molar-refractivity contribution in [2.24, 2.45) is 0 Å². The highest BCUT2D eigenvalue weighted by atomic mass is 16.8. The molecule has 1 saturated heterocycles. The van der Waals surface area contributed by atoms with Crippen molar-refractivity contribution in [2.45, 2.75) is 37.8 Å². The summed E-state index contributed by atoms with van der Waals surface area (Å²) < 4.78 is 11.2. The van der Waals surface area contributed by atoms with Gasteiger partial charge in [0.15, 0.2) is 0 Å². The van der Waals surface area contributed by atoms with Crippen molar-refractivity contribution in [3.63, 3.8) is 0 Å². The molecule has 0 aromatic heterocycles. The molecule has 9 heteroatoms. The van der Waals surface area contributed by atoms with E-state index in [9.17, 15) is 15.2 Å². The Labute approximate surface area is 200 Å². The second-order valence-electron chi connectivity index (χ2n) is 8.81. The van der Waals surface area contributed by atoms with Gasteiger partial charge in [0.2, 0.25) is 5.91 Å². The lowest BCUT2D eigenvalue weighted by Gasteiger charge is -2.36. The summed E-state index contributed by atoms with van der Waals surface area (Å²) in [6.07, 6.45) is 3.75. The number of ether oxygens (including phenoxy) is 2. The molecule has 1 aliphatic heterocycles. The molecule has 0 atom stereocenters. The van der Waals surface area contributed by atoms with Crippen molar-refractivity contribution in [3.05, 3.63) is 48.5 Å². The van der Waals surface area contributed by atoms with Crippen LogP contribution in [0.25, 0.3) is 0 Å². The molecule has 2 aliphatic rings. The molecule has 0 unspecified atom stereocenters. The molecule has 2 aromatic carbocycles. The molecule has 1 amide bonds. The minimum Gasteiger partial charge on any atom is -0.494 e. The summed E-state index contributed by atoms with van der Waals surface area (Å²) >= 11 is 0. The van der Waals surface area contributed by atoms with E-state index in [1.807, 2.05) is 23.1 Å². The highest BCUT2D eigenvalue weighted by Crippen LogP contribution is 2.31. The normalized spacial score (nSPS) is 20.7. The summed E-state index contributed by atoms with van der Waals surface area (Å²) in [4.78, 5) is 16.9. The Bertz CT molecular complexity index is 926. The maximum absolute atomic E-state index is 12.6. The van der Waals surface area contributed by atoms with Crippen LogP contribution in [0, 0.1) is 0 Å². The van der Waals surface area contributed by atoms with Crippen LogP contribution in [0.1, 0.15) is 25.7 Å². The van der Waals surface area contributed by atoms with E-state index >= 15 is 0 Å². The van der Waals surface area contributed by atoms with Crippen LogP contribution in [-0.2, 0) is 9.53 Å². The van der Waals surface area contributed by atoms with Crippen molar-refractivity contribution in [1.29, 1.82) is 0 Å². The zero-order chi connectivity index (χ0) is 23.9. The second-order valence-corrected chi connectivity index (χ2v) is 8.81. The number of rotatable bonds is 8. The average molecular weight is 471 g/mol. The van der Waals surface area contributed by atoms with Crippen LogP contribution in [-0.4, -0.2) is 73.3 Å². The van der Waals surface area contributed by atoms with Gasteiger partial charge in [0.05, 0.1) is 13.2 Å². The zero-order valence-corrected chi connectivity index (χ0v) is 19.6. The standard InChI is InChI=1S/C25H34N4O5/c1-33-24-17-20(9-12-23(24)29(31)32)26-19-7-10-22(11-8-19)34-18-25(30)28-15-13-27(14-16-28)21-5-3-2-4-6-21/h2-6,9,12,17,19,22,26,31-32H,7-8,10-11,13-16,18H2,1H3. The van der Waals surface area contributed by atoms with Crippen LogP contribution in [0.2, 0.25) is 0 Å². The van der Waals surface area contributed by atoms with Crippen molar-refractivity contribution in [2.75, 3.05) is 55.3 Å². The number of methoxy groups -OCH3 is 1. The molecule has 1 saturated carbocycles. The van der Waals surface area contributed by atoms with Crippen LogP contribution >= 0.6 is 0 Å². The number of piperazine rings is 1. The zero-order valence-electron chi connectivity index (χ0n) is 19.6. The molecule has 1 aliphatic carbocycles. The Hall–Kier alpha value is -3.01. The Balaban J connectivity index is 1.17. The predicted octanol–water partition coefficient (Wildman–Crippen LogP) is 3.37. The van der Waals surface area contributed by atoms with Crippen LogP contribution in [0.5, 0.6) is 5.75 Å². The minimum absolute atomic E-state index is 0.0512. The molecule has 4 rings (SSSR count). The summed E-state index contributed by atoms with van der Waals surface area (Å²) in [6.45, 7) is 3.27. The molecule has 9 nitrogen and oxygen atoms in total. The van der Waals surface area contributed by atoms with Crippen molar-refractivity contribution < 1.29 is 24.7 Å². The van der Waals surface area contributed by atoms with Gasteiger partial charge >= 0.3 is 0 Å². The minimum atomic E-state index is 0.0512. The summed E-state index contributed by atoms with van der Waals surface area (Å²) in [5, 5.41) is 22.0. The number of amides is 1. The molecule has 2 fully saturated rings. The molecule has 2 aromatic rings. The van der Waals surface area contributed by atoms with E-state index in [1.54, 1.807) is 18.2 Å².